The number of anilines is 2. The molecule has 1 spiro atoms. The van der Waals surface area contributed by atoms with Crippen molar-refractivity contribution in [1.29, 1.82) is 0 Å². The van der Waals surface area contributed by atoms with E-state index >= 15 is 4.79 Å². The van der Waals surface area contributed by atoms with Crippen molar-refractivity contribution >= 4 is 54.0 Å². The van der Waals surface area contributed by atoms with E-state index in [1.807, 2.05) is 48.5 Å². The van der Waals surface area contributed by atoms with Crippen molar-refractivity contribution in [3.05, 3.63) is 82.9 Å². The van der Waals surface area contributed by atoms with Gasteiger partial charge in [0.1, 0.15) is 5.75 Å². The number of hydrogen-bond donors (Lipinski definition) is 3. The molecule has 53 heavy (non-hydrogen) atoms. The van der Waals surface area contributed by atoms with E-state index in [2.05, 4.69) is 42.8 Å². The van der Waals surface area contributed by atoms with Crippen LogP contribution in [0.5, 0.6) is 5.75 Å². The number of aliphatic hydroxyl groups is 1. The fourth-order valence-corrected chi connectivity index (χ4v) is 13.7. The largest absolute Gasteiger partial charge is 0.497 e. The highest BCUT2D eigenvalue weighted by atomic mass is 35.5. The average Bonchev–Trinajstić information content (AvgIpc) is 3.83. The van der Waals surface area contributed by atoms with Crippen molar-refractivity contribution in [2.45, 2.75) is 82.0 Å². The third kappa shape index (κ3) is 6.91. The number of hydrogen-bond acceptors (Lipinski definition) is 7. The maximum absolute atomic E-state index is 15.1. The Morgan fingerprint density at radius 1 is 1.08 bits per heavy atom. The molecule has 4 aliphatic heterocycles. The number of carbonyl (C=O) groups is 3. The quantitative estimate of drug-likeness (QED) is 0.236. The number of halogens is 1. The molecule has 10 nitrogen and oxygen atoms in total. The molecule has 3 amide bonds. The molecule has 0 aromatic heterocycles. The Bertz CT molecular complexity index is 1830. The molecule has 3 fully saturated rings. The lowest BCUT2D eigenvalue weighted by atomic mass is 9.82. The van der Waals surface area contributed by atoms with Crippen molar-refractivity contribution in [2.75, 3.05) is 43.6 Å². The number of amides is 3. The summed E-state index contributed by atoms with van der Waals surface area (Å²) in [6, 6.07) is 21.2. The smallest absolute Gasteiger partial charge is 0.264 e. The highest BCUT2D eigenvalue weighted by Crippen LogP contribution is 2.60. The van der Waals surface area contributed by atoms with Crippen molar-refractivity contribution in [1.82, 2.24) is 10.2 Å². The second-order valence-corrected chi connectivity index (χ2v) is 20.8. The Balaban J connectivity index is 1.21. The Morgan fingerprint density at radius 2 is 1.83 bits per heavy atom. The maximum atomic E-state index is 15.1. The van der Waals surface area contributed by atoms with E-state index in [4.69, 9.17) is 21.1 Å². The molecule has 282 valence electrons. The van der Waals surface area contributed by atoms with Crippen LogP contribution < -0.4 is 25.5 Å². The van der Waals surface area contributed by atoms with Crippen LogP contribution in [0.25, 0.3) is 0 Å². The highest BCUT2D eigenvalue weighted by molar-refractivity contribution is 6.91. The molecule has 3 N–H and O–H groups in total. The summed E-state index contributed by atoms with van der Waals surface area (Å²) < 4.78 is 12.6. The SMILES string of the molecule is COc1ccc([Si](C)(C)[C@H]2[C@H](CC(=O)N3CCC[C@H]3CO)O[C@@]3(C(=O)N(Cc4ccc(NC(=O)C5CCCNC5)cc4)c4ccc(Cl)cc43)[C@@H]2C)cc1. The van der Waals surface area contributed by atoms with Crippen LogP contribution in [0.15, 0.2) is 66.7 Å². The molecule has 3 aromatic carbocycles. The van der Waals surface area contributed by atoms with Gasteiger partial charge in [-0.2, -0.15) is 0 Å². The fraction of sp³-hybridized carbons (Fsp3) is 0.488. The van der Waals surface area contributed by atoms with Gasteiger partial charge in [-0.1, -0.05) is 61.1 Å². The molecule has 3 aromatic rings. The van der Waals surface area contributed by atoms with E-state index in [0.717, 1.165) is 60.5 Å². The van der Waals surface area contributed by atoms with Crippen LogP contribution in [-0.2, 0) is 31.3 Å². The van der Waals surface area contributed by atoms with Crippen LogP contribution in [0, 0.1) is 11.8 Å². The number of methoxy groups -OCH3 is 1. The Hall–Kier alpha value is -3.74. The molecule has 0 aliphatic carbocycles. The van der Waals surface area contributed by atoms with Gasteiger partial charge in [0.25, 0.3) is 5.91 Å². The topological polar surface area (TPSA) is 120 Å². The van der Waals surface area contributed by atoms with Gasteiger partial charge in [-0.05, 0) is 85.8 Å². The minimum absolute atomic E-state index is 0.0140. The summed E-state index contributed by atoms with van der Waals surface area (Å²) >= 11 is 6.68. The average molecular weight is 759 g/mol. The summed E-state index contributed by atoms with van der Waals surface area (Å²) in [6.07, 6.45) is 3.05. The van der Waals surface area contributed by atoms with Crippen LogP contribution in [0.1, 0.15) is 50.2 Å². The zero-order valence-electron chi connectivity index (χ0n) is 31.1. The van der Waals surface area contributed by atoms with Gasteiger partial charge in [0, 0.05) is 35.3 Å². The molecule has 0 saturated carbocycles. The number of nitrogens with zero attached hydrogens (tertiary/aromatic N) is 2. The number of benzene rings is 3. The number of rotatable bonds is 10. The molecule has 1 unspecified atom stereocenters. The summed E-state index contributed by atoms with van der Waals surface area (Å²) in [5, 5.41) is 18.1. The maximum Gasteiger partial charge on any atom is 0.264 e. The Kier molecular flexibility index (Phi) is 10.8. The van der Waals surface area contributed by atoms with Crippen LogP contribution in [-0.4, -0.2) is 81.3 Å². The molecule has 4 heterocycles. The second-order valence-electron chi connectivity index (χ2n) is 15.7. The van der Waals surface area contributed by atoms with Crippen LogP contribution in [0.2, 0.25) is 23.7 Å². The van der Waals surface area contributed by atoms with Crippen molar-refractivity contribution in [3.8, 4) is 5.75 Å². The number of fused-ring (bicyclic) bond motifs is 2. The van der Waals surface area contributed by atoms with Crippen molar-refractivity contribution < 1.29 is 29.0 Å². The number of likely N-dealkylation sites (tertiary alicyclic amines) is 1. The van der Waals surface area contributed by atoms with Gasteiger partial charge in [-0.15, -0.1) is 0 Å². The lowest BCUT2D eigenvalue weighted by Crippen LogP contribution is -2.52. The third-order valence-electron chi connectivity index (χ3n) is 12.3. The normalized spacial score (nSPS) is 27.0. The third-order valence-corrected chi connectivity index (χ3v) is 16.9. The lowest BCUT2D eigenvalue weighted by molar-refractivity contribution is -0.150. The first kappa shape index (κ1) is 37.6. The zero-order valence-corrected chi connectivity index (χ0v) is 32.8. The highest BCUT2D eigenvalue weighted by Gasteiger charge is 2.66. The van der Waals surface area contributed by atoms with E-state index < -0.39 is 19.8 Å². The molecular formula is C41H51ClN4O6Si. The summed E-state index contributed by atoms with van der Waals surface area (Å²) in [5.74, 6) is 0.214. The molecule has 0 bridgehead atoms. The van der Waals surface area contributed by atoms with E-state index in [1.165, 1.54) is 5.19 Å². The summed E-state index contributed by atoms with van der Waals surface area (Å²) in [6.45, 7) is 9.15. The number of ether oxygens (including phenoxy) is 2. The minimum atomic E-state index is -2.47. The Labute approximate surface area is 318 Å². The van der Waals surface area contributed by atoms with Gasteiger partial charge < -0.3 is 35.0 Å². The molecule has 3 saturated heterocycles. The van der Waals surface area contributed by atoms with Crippen LogP contribution in [0.3, 0.4) is 0 Å². The summed E-state index contributed by atoms with van der Waals surface area (Å²) in [4.78, 5) is 45.6. The Morgan fingerprint density at radius 3 is 2.51 bits per heavy atom. The molecule has 6 atom stereocenters. The molecule has 12 heteroatoms. The van der Waals surface area contributed by atoms with Crippen LogP contribution >= 0.6 is 11.6 Å². The molecule has 0 radical (unpaired) electrons. The van der Waals surface area contributed by atoms with Gasteiger partial charge in [-0.3, -0.25) is 14.4 Å². The van der Waals surface area contributed by atoms with Gasteiger partial charge in [0.05, 0.1) is 58.5 Å². The molecule has 4 aliphatic rings. The molecule has 7 rings (SSSR count). The first-order valence-electron chi connectivity index (χ1n) is 18.9. The molecular weight excluding hydrogens is 708 g/mol. The van der Waals surface area contributed by atoms with Crippen LogP contribution in [0.4, 0.5) is 11.4 Å². The van der Waals surface area contributed by atoms with E-state index in [0.29, 0.717) is 24.7 Å². The number of aliphatic hydroxyl groups excluding tert-OH is 1. The van der Waals surface area contributed by atoms with Crippen molar-refractivity contribution in [3.63, 3.8) is 0 Å². The van der Waals surface area contributed by atoms with E-state index in [-0.39, 0.29) is 54.2 Å². The van der Waals surface area contributed by atoms with Crippen molar-refractivity contribution in [2.24, 2.45) is 11.8 Å². The standard InChI is InChI=1S/C41H51ClN4O6Si/c1-26-38(53(3,4)33-16-14-32(51-2)15-17-33)36(22-37(48)45-20-6-8-31(45)25-47)52-41(26)34-21-29(42)11-18-35(34)46(40(41)50)24-27-9-12-30(13-10-27)44-39(49)28-7-5-19-43-23-28/h9-18,21,26,28,31,36,38,43,47H,5-8,19-20,22-25H2,1-4H3,(H,44,49)/t26-,28?,31+,36+,38-,41+/m1/s1. The first-order valence-corrected chi connectivity index (χ1v) is 22.4. The monoisotopic (exact) mass is 758 g/mol. The number of piperidine rings is 1. The second kappa shape index (κ2) is 15.2. The predicted octanol–water partition coefficient (Wildman–Crippen LogP) is 5.42. The predicted molar refractivity (Wildman–Crippen MR) is 209 cm³/mol. The summed E-state index contributed by atoms with van der Waals surface area (Å²) in [7, 11) is -0.821. The zero-order chi connectivity index (χ0) is 37.5. The van der Waals surface area contributed by atoms with E-state index in [9.17, 15) is 14.7 Å². The van der Waals surface area contributed by atoms with Gasteiger partial charge in [0.15, 0.2) is 5.60 Å². The van der Waals surface area contributed by atoms with Gasteiger partial charge in [0.2, 0.25) is 11.8 Å². The minimum Gasteiger partial charge on any atom is -0.497 e. The van der Waals surface area contributed by atoms with Gasteiger partial charge in [-0.25, -0.2) is 0 Å². The number of carbonyl (C=O) groups excluding carboxylic acids is 3. The number of nitrogens with one attached hydrogen (secondary N) is 2. The van der Waals surface area contributed by atoms with Gasteiger partial charge >= 0.3 is 0 Å². The summed E-state index contributed by atoms with van der Waals surface area (Å²) in [5.41, 5.74) is 1.61. The van der Waals surface area contributed by atoms with E-state index in [1.54, 1.807) is 23.0 Å². The lowest BCUT2D eigenvalue weighted by Gasteiger charge is -2.37. The fourth-order valence-electron chi connectivity index (χ4n) is 9.48. The first-order chi connectivity index (χ1) is 25.5.